The van der Waals surface area contributed by atoms with E-state index in [4.69, 9.17) is 5.73 Å². The molecule has 0 radical (unpaired) electrons. The number of hydrogen-bond acceptors (Lipinski definition) is 6. The van der Waals surface area contributed by atoms with Crippen LogP contribution in [0.4, 0.5) is 5.69 Å². The third-order valence-electron chi connectivity index (χ3n) is 3.20. The molecule has 1 atom stereocenters. The lowest BCUT2D eigenvalue weighted by Crippen LogP contribution is -2.37. The number of rotatable bonds is 4. The number of amides is 2. The molecule has 0 spiro atoms. The van der Waals surface area contributed by atoms with Crippen molar-refractivity contribution < 1.29 is 9.59 Å². The first kappa shape index (κ1) is 15.2. The summed E-state index contributed by atoms with van der Waals surface area (Å²) < 4.78 is 0. The van der Waals surface area contributed by atoms with Gasteiger partial charge in [-0.1, -0.05) is 6.92 Å². The Morgan fingerprint density at radius 3 is 2.86 bits per heavy atom. The maximum Gasteiger partial charge on any atom is 0.265 e. The zero-order chi connectivity index (χ0) is 15.6. The molecule has 1 unspecified atom stereocenters. The van der Waals surface area contributed by atoms with Gasteiger partial charge in [0.15, 0.2) is 0 Å². The third kappa shape index (κ3) is 2.94. The van der Waals surface area contributed by atoms with Crippen molar-refractivity contribution in [3.8, 4) is 0 Å². The maximum atomic E-state index is 12.5. The Morgan fingerprint density at radius 2 is 2.24 bits per heavy atom. The van der Waals surface area contributed by atoms with Crippen molar-refractivity contribution >= 4 is 39.1 Å². The molecular formula is C13H17N5O2S. The number of carbonyl (C=O) groups excluding carboxylic acids is 2. The van der Waals surface area contributed by atoms with Crippen LogP contribution in [0.1, 0.15) is 16.6 Å². The second-order valence-electron chi connectivity index (χ2n) is 4.80. The molecule has 2 heterocycles. The van der Waals surface area contributed by atoms with Gasteiger partial charge in [0.05, 0.1) is 17.8 Å². The van der Waals surface area contributed by atoms with E-state index < -0.39 is 0 Å². The molecule has 0 aliphatic rings. The number of nitrogens with zero attached hydrogens (tertiary/aromatic N) is 3. The standard InChI is InChI=1S/C13H17N5O2S/c1-7(11(19)15-2)6-18(3)13(20)10-9(14)8-4-5-16-17-12(8)21-10/h4-5,7H,6,14H2,1-3H3,(H,15,19). The summed E-state index contributed by atoms with van der Waals surface area (Å²) in [6, 6.07) is 1.73. The van der Waals surface area contributed by atoms with E-state index in [0.29, 0.717) is 21.9 Å². The minimum atomic E-state index is -0.292. The van der Waals surface area contributed by atoms with Crippen LogP contribution >= 0.6 is 11.3 Å². The number of nitrogen functional groups attached to an aromatic ring is 1. The number of nitrogens with two attached hydrogens (primary N) is 1. The zero-order valence-electron chi connectivity index (χ0n) is 12.1. The monoisotopic (exact) mass is 307 g/mol. The molecule has 2 rings (SSSR count). The van der Waals surface area contributed by atoms with Gasteiger partial charge in [-0.05, 0) is 6.07 Å². The van der Waals surface area contributed by atoms with Gasteiger partial charge in [0.25, 0.3) is 5.91 Å². The molecule has 2 aromatic heterocycles. The molecule has 0 fully saturated rings. The van der Waals surface area contributed by atoms with Gasteiger partial charge in [-0.3, -0.25) is 9.59 Å². The molecule has 0 bridgehead atoms. The van der Waals surface area contributed by atoms with Crippen LogP contribution in [0.5, 0.6) is 0 Å². The van der Waals surface area contributed by atoms with E-state index >= 15 is 0 Å². The second-order valence-corrected chi connectivity index (χ2v) is 5.79. The van der Waals surface area contributed by atoms with E-state index in [1.165, 1.54) is 22.4 Å². The summed E-state index contributed by atoms with van der Waals surface area (Å²) in [6.45, 7) is 2.08. The first-order valence-corrected chi connectivity index (χ1v) is 7.24. The Kier molecular flexibility index (Phi) is 4.37. The molecule has 2 amide bonds. The Morgan fingerprint density at radius 1 is 1.52 bits per heavy atom. The van der Waals surface area contributed by atoms with Crippen molar-refractivity contribution in [1.29, 1.82) is 0 Å². The number of nitrogens with one attached hydrogen (secondary N) is 1. The number of anilines is 1. The fraction of sp³-hybridized carbons (Fsp3) is 0.385. The fourth-order valence-electron chi connectivity index (χ4n) is 2.03. The molecule has 0 aliphatic carbocycles. The maximum absolute atomic E-state index is 12.5. The number of thiophene rings is 1. The van der Waals surface area contributed by atoms with Gasteiger partial charge in [-0.2, -0.15) is 5.10 Å². The predicted molar refractivity (Wildman–Crippen MR) is 82.0 cm³/mol. The number of aromatic nitrogens is 2. The third-order valence-corrected chi connectivity index (χ3v) is 4.30. The first-order chi connectivity index (χ1) is 9.95. The van der Waals surface area contributed by atoms with Crippen LogP contribution in [-0.2, 0) is 4.79 Å². The highest BCUT2D eigenvalue weighted by Gasteiger charge is 2.23. The van der Waals surface area contributed by atoms with Crippen molar-refractivity contribution in [3.05, 3.63) is 17.1 Å². The molecule has 21 heavy (non-hydrogen) atoms. The zero-order valence-corrected chi connectivity index (χ0v) is 12.9. The van der Waals surface area contributed by atoms with Crippen molar-refractivity contribution in [2.75, 3.05) is 26.4 Å². The summed E-state index contributed by atoms with van der Waals surface area (Å²) in [5.41, 5.74) is 6.42. The summed E-state index contributed by atoms with van der Waals surface area (Å²) >= 11 is 1.21. The highest BCUT2D eigenvalue weighted by Crippen LogP contribution is 2.32. The van der Waals surface area contributed by atoms with Crippen LogP contribution < -0.4 is 11.1 Å². The topological polar surface area (TPSA) is 101 Å². The van der Waals surface area contributed by atoms with Gasteiger partial charge in [-0.15, -0.1) is 16.4 Å². The van der Waals surface area contributed by atoms with E-state index in [1.807, 2.05) is 0 Å². The fourth-order valence-corrected chi connectivity index (χ4v) is 3.06. The lowest BCUT2D eigenvalue weighted by Gasteiger charge is -2.20. The SMILES string of the molecule is CNC(=O)C(C)CN(C)C(=O)c1sc2nnccc2c1N. The first-order valence-electron chi connectivity index (χ1n) is 6.42. The number of hydrogen-bond donors (Lipinski definition) is 2. The van der Waals surface area contributed by atoms with Crippen LogP contribution in [0, 0.1) is 5.92 Å². The van der Waals surface area contributed by atoms with E-state index in [9.17, 15) is 9.59 Å². The van der Waals surface area contributed by atoms with Crippen LogP contribution in [-0.4, -0.2) is 47.6 Å². The summed E-state index contributed by atoms with van der Waals surface area (Å²) in [7, 11) is 3.22. The molecule has 0 aliphatic heterocycles. The minimum Gasteiger partial charge on any atom is -0.397 e. The van der Waals surface area contributed by atoms with E-state index in [0.717, 1.165) is 5.39 Å². The molecule has 0 aromatic carbocycles. The Bertz CT molecular complexity index is 684. The average molecular weight is 307 g/mol. The summed E-state index contributed by atoms with van der Waals surface area (Å²) in [4.78, 5) is 26.5. The van der Waals surface area contributed by atoms with Gasteiger partial charge in [0.1, 0.15) is 9.71 Å². The molecular weight excluding hydrogens is 290 g/mol. The molecule has 0 saturated heterocycles. The number of fused-ring (bicyclic) bond motifs is 1. The van der Waals surface area contributed by atoms with E-state index in [1.54, 1.807) is 27.1 Å². The predicted octanol–water partition coefficient (Wildman–Crippen LogP) is 0.728. The van der Waals surface area contributed by atoms with Gasteiger partial charge in [-0.25, -0.2) is 0 Å². The smallest absolute Gasteiger partial charge is 0.265 e. The van der Waals surface area contributed by atoms with Crippen LogP contribution in [0.2, 0.25) is 0 Å². The summed E-state index contributed by atoms with van der Waals surface area (Å²) in [6.07, 6.45) is 1.54. The molecule has 112 valence electrons. The van der Waals surface area contributed by atoms with Crippen molar-refractivity contribution in [3.63, 3.8) is 0 Å². The van der Waals surface area contributed by atoms with Crippen molar-refractivity contribution in [2.45, 2.75) is 6.92 Å². The van der Waals surface area contributed by atoms with E-state index in [2.05, 4.69) is 15.5 Å². The minimum absolute atomic E-state index is 0.107. The Hall–Kier alpha value is -2.22. The van der Waals surface area contributed by atoms with Crippen LogP contribution in [0.15, 0.2) is 12.3 Å². The average Bonchev–Trinajstić information content (AvgIpc) is 2.83. The van der Waals surface area contributed by atoms with Gasteiger partial charge >= 0.3 is 0 Å². The van der Waals surface area contributed by atoms with Crippen LogP contribution in [0.3, 0.4) is 0 Å². The molecule has 3 N–H and O–H groups in total. The largest absolute Gasteiger partial charge is 0.397 e. The summed E-state index contributed by atoms with van der Waals surface area (Å²) in [5.74, 6) is -0.615. The van der Waals surface area contributed by atoms with Gasteiger partial charge < -0.3 is 16.0 Å². The normalized spacial score (nSPS) is 12.1. The highest BCUT2D eigenvalue weighted by molar-refractivity contribution is 7.21. The second kappa shape index (κ2) is 6.04. The Labute approximate surface area is 126 Å². The molecule has 8 heteroatoms. The van der Waals surface area contributed by atoms with E-state index in [-0.39, 0.29) is 17.7 Å². The molecule has 0 saturated carbocycles. The summed E-state index contributed by atoms with van der Waals surface area (Å²) in [5, 5.41) is 11.0. The van der Waals surface area contributed by atoms with Crippen molar-refractivity contribution in [2.24, 2.45) is 5.92 Å². The molecule has 2 aromatic rings. The number of carbonyl (C=O) groups is 2. The highest BCUT2D eigenvalue weighted by atomic mass is 32.1. The lowest BCUT2D eigenvalue weighted by molar-refractivity contribution is -0.124. The van der Waals surface area contributed by atoms with Crippen molar-refractivity contribution in [1.82, 2.24) is 20.4 Å². The Balaban J connectivity index is 2.22. The lowest BCUT2D eigenvalue weighted by atomic mass is 10.1. The van der Waals surface area contributed by atoms with Gasteiger partial charge in [0, 0.05) is 26.0 Å². The molecule has 7 nitrogen and oxygen atoms in total. The van der Waals surface area contributed by atoms with Gasteiger partial charge in [0.2, 0.25) is 5.91 Å². The van der Waals surface area contributed by atoms with Crippen LogP contribution in [0.25, 0.3) is 10.2 Å². The quantitative estimate of drug-likeness (QED) is 0.867.